The van der Waals surface area contributed by atoms with Gasteiger partial charge in [0.2, 0.25) is 0 Å². The van der Waals surface area contributed by atoms with Gasteiger partial charge in [0, 0.05) is 19.3 Å². The van der Waals surface area contributed by atoms with Crippen LogP contribution in [-0.4, -0.2) is 89.2 Å². The number of aliphatic hydroxyl groups excluding tert-OH is 2. The lowest BCUT2D eigenvalue weighted by Gasteiger charge is -2.40. The maximum atomic E-state index is 13.0. The summed E-state index contributed by atoms with van der Waals surface area (Å²) >= 11 is 0. The van der Waals surface area contributed by atoms with E-state index in [4.69, 9.17) is 23.7 Å². The zero-order valence-electron chi connectivity index (χ0n) is 42.9. The van der Waals surface area contributed by atoms with Gasteiger partial charge in [-0.2, -0.15) is 0 Å². The first-order chi connectivity index (χ1) is 34.6. The Hall–Kier alpha value is -5.40. The summed E-state index contributed by atoms with van der Waals surface area (Å²) in [4.78, 5) is 50.8. The molecule has 6 atom stereocenters. The third-order valence-electron chi connectivity index (χ3n) is 10.4. The maximum Gasteiger partial charge on any atom is 0.335 e. The highest BCUT2D eigenvalue weighted by molar-refractivity contribution is 5.74. The molecule has 0 amide bonds. The van der Waals surface area contributed by atoms with Crippen molar-refractivity contribution in [3.8, 4) is 0 Å². The molecule has 12 nitrogen and oxygen atoms in total. The highest BCUT2D eigenvalue weighted by atomic mass is 16.7. The lowest BCUT2D eigenvalue weighted by Crippen LogP contribution is -2.61. The molecule has 0 saturated carbocycles. The Kier molecular flexibility index (Phi) is 41.0. The van der Waals surface area contributed by atoms with Crippen LogP contribution in [-0.2, 0) is 42.9 Å². The summed E-state index contributed by atoms with van der Waals surface area (Å²) in [6.45, 7) is 5.44. The van der Waals surface area contributed by atoms with E-state index in [-0.39, 0.29) is 19.3 Å². The minimum Gasteiger partial charge on any atom is -0.479 e. The van der Waals surface area contributed by atoms with Crippen LogP contribution in [0.15, 0.2) is 146 Å². The number of allylic oxidation sites excluding steroid dienone is 24. The first-order valence-corrected chi connectivity index (χ1v) is 25.8. The molecule has 0 aromatic rings. The van der Waals surface area contributed by atoms with Crippen LogP contribution in [0.4, 0.5) is 0 Å². The van der Waals surface area contributed by atoms with Gasteiger partial charge in [-0.15, -0.1) is 0 Å². The molecule has 0 bridgehead atoms. The average molecular weight is 987 g/mol. The number of unbranched alkanes of at least 4 members (excludes halogenated alkanes) is 2. The standard InChI is InChI=1S/C59H86O12/c1-4-7-10-13-16-19-22-25-26-29-32-35-38-41-44-47-53(62)70-57-55(64)54(63)56(58(65)66)71-59(57)68-49-50(69-52(61)46-43-40-37-34-31-28-24-21-18-15-12-9-6-3)48-67-51(60)45-42-39-36-33-30-27-23-20-17-14-11-8-5-2/h7-12,16-21,25-28,30-32,35-37,39-40,50,54-57,59,63-64H,4-6,13-15,22-24,29,33-34,38,41-49H2,1-3H3,(H,65,66)/b10-7-,11-8-,12-9-,19-16-,20-17-,21-18-,26-25-,30-27-,31-28-,35-32-,39-36-,40-37-. The van der Waals surface area contributed by atoms with Crippen molar-refractivity contribution in [1.82, 2.24) is 0 Å². The Morgan fingerprint density at radius 1 is 0.465 bits per heavy atom. The van der Waals surface area contributed by atoms with Crippen LogP contribution in [0.5, 0.6) is 0 Å². The van der Waals surface area contributed by atoms with E-state index in [2.05, 4.69) is 130 Å². The highest BCUT2D eigenvalue weighted by Gasteiger charge is 2.50. The van der Waals surface area contributed by atoms with Crippen molar-refractivity contribution < 1.29 is 58.2 Å². The molecular weight excluding hydrogens is 901 g/mol. The Morgan fingerprint density at radius 2 is 0.859 bits per heavy atom. The number of carboxylic acids is 1. The minimum atomic E-state index is -1.94. The summed E-state index contributed by atoms with van der Waals surface area (Å²) < 4.78 is 28.0. The van der Waals surface area contributed by atoms with E-state index in [1.807, 2.05) is 36.5 Å². The third kappa shape index (κ3) is 36.2. The fourth-order valence-corrected chi connectivity index (χ4v) is 6.56. The van der Waals surface area contributed by atoms with Crippen LogP contribution in [0.3, 0.4) is 0 Å². The molecule has 71 heavy (non-hydrogen) atoms. The molecule has 12 heteroatoms. The van der Waals surface area contributed by atoms with Gasteiger partial charge in [0.25, 0.3) is 0 Å². The second-order valence-electron chi connectivity index (χ2n) is 16.7. The molecule has 0 radical (unpaired) electrons. The molecule has 0 aromatic heterocycles. The van der Waals surface area contributed by atoms with Gasteiger partial charge in [-0.1, -0.05) is 167 Å². The molecule has 1 fully saturated rings. The van der Waals surface area contributed by atoms with Crippen LogP contribution in [0.25, 0.3) is 0 Å². The van der Waals surface area contributed by atoms with E-state index in [9.17, 15) is 34.5 Å². The number of esters is 3. The van der Waals surface area contributed by atoms with Crippen molar-refractivity contribution in [1.29, 1.82) is 0 Å². The molecule has 0 aliphatic carbocycles. The molecular formula is C59H86O12. The van der Waals surface area contributed by atoms with Gasteiger partial charge < -0.3 is 39.0 Å². The molecule has 1 aliphatic rings. The van der Waals surface area contributed by atoms with Crippen LogP contribution in [0.2, 0.25) is 0 Å². The van der Waals surface area contributed by atoms with Gasteiger partial charge in [-0.3, -0.25) is 14.4 Å². The summed E-state index contributed by atoms with van der Waals surface area (Å²) in [5.74, 6) is -3.43. The molecule has 1 heterocycles. The van der Waals surface area contributed by atoms with Crippen LogP contribution < -0.4 is 0 Å². The van der Waals surface area contributed by atoms with Crippen molar-refractivity contribution >= 4 is 23.9 Å². The number of aliphatic carboxylic acids is 1. The van der Waals surface area contributed by atoms with E-state index in [1.165, 1.54) is 0 Å². The Labute approximate surface area is 425 Å². The van der Waals surface area contributed by atoms with Gasteiger partial charge in [0.15, 0.2) is 24.6 Å². The number of carbonyl (C=O) groups is 4. The van der Waals surface area contributed by atoms with Gasteiger partial charge >= 0.3 is 23.9 Å². The SMILES string of the molecule is CC/C=C\C/C=C\C/C=C\C/C=C\CCCCC(=O)OC1C(OCC(COC(=O)CC/C=C\C/C=C\C/C=C\C/C=C\CC)OC(=O)CC/C=C\C/C=C\C/C=C\C/C=C\CC)OC(C(=O)O)C(O)C1O. The molecule has 0 aromatic carbocycles. The van der Waals surface area contributed by atoms with Crippen molar-refractivity contribution in [2.45, 2.75) is 186 Å². The quantitative estimate of drug-likeness (QED) is 0.0230. The second kappa shape index (κ2) is 45.7. The Balaban J connectivity index is 2.86. The van der Waals surface area contributed by atoms with Crippen LogP contribution in [0.1, 0.15) is 149 Å². The zero-order chi connectivity index (χ0) is 51.8. The summed E-state index contributed by atoms with van der Waals surface area (Å²) in [5.41, 5.74) is 0. The number of ether oxygens (including phenoxy) is 5. The van der Waals surface area contributed by atoms with Gasteiger partial charge in [0.1, 0.15) is 18.8 Å². The molecule has 1 aliphatic heterocycles. The largest absolute Gasteiger partial charge is 0.479 e. The Morgan fingerprint density at radius 3 is 1.28 bits per heavy atom. The summed E-state index contributed by atoms with van der Waals surface area (Å²) in [5, 5.41) is 31.3. The smallest absolute Gasteiger partial charge is 0.335 e. The number of aliphatic hydroxyl groups is 2. The number of hydrogen-bond acceptors (Lipinski definition) is 11. The summed E-state index contributed by atoms with van der Waals surface area (Å²) in [7, 11) is 0. The van der Waals surface area contributed by atoms with Gasteiger partial charge in [0.05, 0.1) is 6.61 Å². The number of carboxylic acid groups (broad SMARTS) is 1. The van der Waals surface area contributed by atoms with E-state index in [0.29, 0.717) is 32.1 Å². The van der Waals surface area contributed by atoms with Crippen molar-refractivity contribution in [2.75, 3.05) is 13.2 Å². The lowest BCUT2D eigenvalue weighted by molar-refractivity contribution is -0.301. The molecule has 394 valence electrons. The number of carbonyl (C=O) groups excluding carboxylic acids is 3. The van der Waals surface area contributed by atoms with E-state index < -0.39 is 73.9 Å². The Bertz CT molecular complexity index is 1790. The maximum absolute atomic E-state index is 13.0. The third-order valence-corrected chi connectivity index (χ3v) is 10.4. The molecule has 6 unspecified atom stereocenters. The van der Waals surface area contributed by atoms with Crippen molar-refractivity contribution in [2.24, 2.45) is 0 Å². The van der Waals surface area contributed by atoms with E-state index >= 15 is 0 Å². The normalized spacial score (nSPS) is 19.7. The van der Waals surface area contributed by atoms with Crippen LogP contribution in [0, 0.1) is 0 Å². The van der Waals surface area contributed by atoms with Crippen molar-refractivity contribution in [3.63, 3.8) is 0 Å². The first kappa shape index (κ1) is 63.6. The molecule has 1 rings (SSSR count). The topological polar surface area (TPSA) is 175 Å². The fraction of sp³-hybridized carbons (Fsp3) is 0.525. The van der Waals surface area contributed by atoms with Gasteiger partial charge in [-0.25, -0.2) is 4.79 Å². The number of hydrogen-bond donors (Lipinski definition) is 3. The summed E-state index contributed by atoms with van der Waals surface area (Å²) in [6.07, 6.45) is 53.0. The average Bonchev–Trinajstić information content (AvgIpc) is 3.35. The molecule has 1 saturated heterocycles. The summed E-state index contributed by atoms with van der Waals surface area (Å²) in [6, 6.07) is 0. The first-order valence-electron chi connectivity index (χ1n) is 25.8. The predicted octanol–water partition coefficient (Wildman–Crippen LogP) is 12.4. The minimum absolute atomic E-state index is 0.0128. The second-order valence-corrected chi connectivity index (χ2v) is 16.7. The number of rotatable bonds is 40. The molecule has 3 N–H and O–H groups in total. The van der Waals surface area contributed by atoms with Gasteiger partial charge in [-0.05, 0) is 109 Å². The van der Waals surface area contributed by atoms with E-state index in [1.54, 1.807) is 0 Å². The zero-order valence-corrected chi connectivity index (χ0v) is 42.9. The predicted molar refractivity (Wildman–Crippen MR) is 284 cm³/mol. The van der Waals surface area contributed by atoms with Crippen molar-refractivity contribution in [3.05, 3.63) is 146 Å². The monoisotopic (exact) mass is 987 g/mol. The molecule has 0 spiro atoms. The van der Waals surface area contributed by atoms with Crippen LogP contribution >= 0.6 is 0 Å². The van der Waals surface area contributed by atoms with E-state index in [0.717, 1.165) is 77.0 Å². The highest BCUT2D eigenvalue weighted by Crippen LogP contribution is 2.26. The fourth-order valence-electron chi connectivity index (χ4n) is 6.56. The lowest BCUT2D eigenvalue weighted by atomic mass is 9.98.